The van der Waals surface area contributed by atoms with Crippen LogP contribution in [0.5, 0.6) is 0 Å². The first-order valence-corrected chi connectivity index (χ1v) is 12.6. The molecule has 1 aromatic rings. The van der Waals surface area contributed by atoms with E-state index in [-0.39, 0.29) is 30.7 Å². The van der Waals surface area contributed by atoms with Crippen LogP contribution in [0.1, 0.15) is 18.0 Å². The number of piperidine rings is 1. The molecule has 2 saturated heterocycles. The normalized spacial score (nSPS) is 22.9. The van der Waals surface area contributed by atoms with Crippen molar-refractivity contribution in [2.24, 2.45) is 15.8 Å². The lowest BCUT2D eigenvalue weighted by Gasteiger charge is -2.43. The van der Waals surface area contributed by atoms with E-state index in [9.17, 15) is 61.5 Å². The Kier molecular flexibility index (Phi) is 14.0. The fourth-order valence-corrected chi connectivity index (χ4v) is 4.22. The number of rotatable bonds is 2. The van der Waals surface area contributed by atoms with Crippen molar-refractivity contribution in [2.75, 3.05) is 26.8 Å². The van der Waals surface area contributed by atoms with Gasteiger partial charge in [-0.2, -0.15) is 52.7 Å². The molecule has 0 amide bonds. The largest absolute Gasteiger partial charge is 0.490 e. The summed E-state index contributed by atoms with van der Waals surface area (Å²) in [5.41, 5.74) is 6.51. The Hall–Kier alpha value is -4.20. The molecule has 0 bridgehead atoms. The van der Waals surface area contributed by atoms with Crippen LogP contribution in [0.2, 0.25) is 0 Å². The summed E-state index contributed by atoms with van der Waals surface area (Å²) in [5, 5.41) is 25.0. The molecular formula is C23H23F14N6O6+. The minimum atomic E-state index is -5.08. The van der Waals surface area contributed by atoms with Gasteiger partial charge in [0.15, 0.2) is 6.67 Å². The predicted octanol–water partition coefficient (Wildman–Crippen LogP) is 3.98. The maximum Gasteiger partial charge on any atom is 0.490 e. The van der Waals surface area contributed by atoms with Crippen LogP contribution in [0.4, 0.5) is 61.5 Å². The Morgan fingerprint density at radius 2 is 1.31 bits per heavy atom. The highest BCUT2D eigenvalue weighted by Gasteiger charge is 2.53. The molecule has 278 valence electrons. The van der Waals surface area contributed by atoms with Gasteiger partial charge in [-0.15, -0.1) is 4.70 Å². The highest BCUT2D eigenvalue weighted by atomic mass is 19.4. The number of carbonyl (C=O) groups is 3. The number of alkyl halides is 12. The van der Waals surface area contributed by atoms with Crippen molar-refractivity contribution in [3.8, 4) is 0 Å². The van der Waals surface area contributed by atoms with E-state index in [2.05, 4.69) is 10.1 Å². The Bertz CT molecular complexity index is 1320. The van der Waals surface area contributed by atoms with Crippen molar-refractivity contribution in [1.29, 1.82) is 0 Å². The zero-order chi connectivity index (χ0) is 38.4. The van der Waals surface area contributed by atoms with Crippen LogP contribution in [0.15, 0.2) is 28.3 Å². The van der Waals surface area contributed by atoms with E-state index in [0.29, 0.717) is 13.0 Å². The molecule has 4 atom stereocenters. The molecule has 5 N–H and O–H groups in total. The van der Waals surface area contributed by atoms with E-state index in [4.69, 9.17) is 35.4 Å². The number of hydrogen-bond donors (Lipinski definition) is 4. The van der Waals surface area contributed by atoms with Crippen LogP contribution >= 0.6 is 0 Å². The van der Waals surface area contributed by atoms with E-state index in [1.807, 2.05) is 9.80 Å². The van der Waals surface area contributed by atoms with Crippen molar-refractivity contribution < 1.29 is 95.9 Å². The number of halogens is 14. The number of fused-ring (bicyclic) bond motifs is 1. The van der Waals surface area contributed by atoms with Gasteiger partial charge in [-0.3, -0.25) is 4.90 Å². The number of aliphatic carboxylic acids is 3. The number of nitrogens with two attached hydrogens (primary N) is 1. The molecular weight excluding hydrogens is 722 g/mol. The maximum absolute atomic E-state index is 14.2. The third-order valence-electron chi connectivity index (χ3n) is 6.21. The molecule has 1 aromatic carbocycles. The third-order valence-corrected chi connectivity index (χ3v) is 6.21. The summed E-state index contributed by atoms with van der Waals surface area (Å²) in [6, 6.07) is 2.31. The molecule has 12 nitrogen and oxygen atoms in total. The Morgan fingerprint density at radius 1 is 0.857 bits per heavy atom. The SMILES string of the molecule is CN1C[C@H](N2CC3=NC(C(F)(F)F)N=[N+]3C2)C[C@H](N)[C@H]1c1cc(F)ccc1F.O=C(O)C(F)(F)F.O=C(O)C(F)(F)F.O=C(O)C(F)(F)F. The van der Waals surface area contributed by atoms with Gasteiger partial charge in [-0.1, -0.05) is 5.11 Å². The number of benzene rings is 1. The fourth-order valence-electron chi connectivity index (χ4n) is 4.22. The van der Waals surface area contributed by atoms with Crippen molar-refractivity contribution in [2.45, 2.75) is 55.4 Å². The summed E-state index contributed by atoms with van der Waals surface area (Å²) in [6.07, 6.45) is -21.3. The van der Waals surface area contributed by atoms with Gasteiger partial charge in [-0.05, 0) is 36.7 Å². The molecule has 3 heterocycles. The second-order valence-corrected chi connectivity index (χ2v) is 9.88. The van der Waals surface area contributed by atoms with Crippen molar-refractivity contribution >= 4 is 23.7 Å². The van der Waals surface area contributed by atoms with Gasteiger partial charge in [0.1, 0.15) is 18.2 Å². The average molecular weight is 745 g/mol. The maximum atomic E-state index is 14.2. The lowest BCUT2D eigenvalue weighted by molar-refractivity contribution is -0.488. The van der Waals surface area contributed by atoms with Crippen LogP contribution in [0.3, 0.4) is 0 Å². The molecule has 26 heteroatoms. The summed E-state index contributed by atoms with van der Waals surface area (Å²) >= 11 is 0. The summed E-state index contributed by atoms with van der Waals surface area (Å²) < 4.78 is 163. The molecule has 0 spiro atoms. The second kappa shape index (κ2) is 16.0. The first-order chi connectivity index (χ1) is 22.0. The lowest BCUT2D eigenvalue weighted by Crippen LogP contribution is -2.55. The molecule has 0 aliphatic carbocycles. The van der Waals surface area contributed by atoms with Gasteiger partial charge < -0.3 is 21.1 Å². The number of azo groups is 2. The van der Waals surface area contributed by atoms with Crippen LogP contribution in [-0.2, 0) is 14.4 Å². The second-order valence-electron chi connectivity index (χ2n) is 9.88. The molecule has 49 heavy (non-hydrogen) atoms. The topological polar surface area (TPSA) is 172 Å². The zero-order valence-corrected chi connectivity index (χ0v) is 24.0. The highest BCUT2D eigenvalue weighted by molar-refractivity contribution is 5.78. The van der Waals surface area contributed by atoms with E-state index < -0.39 is 72.5 Å². The number of aliphatic imine (C=N–C) groups is 1. The smallest absolute Gasteiger partial charge is 0.475 e. The van der Waals surface area contributed by atoms with Gasteiger partial charge in [0.2, 0.25) is 0 Å². The van der Waals surface area contributed by atoms with E-state index in [0.717, 1.165) is 18.2 Å². The van der Waals surface area contributed by atoms with E-state index >= 15 is 0 Å². The van der Waals surface area contributed by atoms with Gasteiger partial charge >= 0.3 is 54.6 Å². The Labute approximate surface area is 263 Å². The number of likely N-dealkylation sites (tertiary alicyclic amines) is 1. The molecule has 0 saturated carbocycles. The Morgan fingerprint density at radius 3 is 1.67 bits per heavy atom. The monoisotopic (exact) mass is 745 g/mol. The predicted molar refractivity (Wildman–Crippen MR) is 131 cm³/mol. The van der Waals surface area contributed by atoms with Gasteiger partial charge in [0.05, 0.1) is 6.04 Å². The van der Waals surface area contributed by atoms with Gasteiger partial charge in [-0.25, -0.2) is 28.1 Å². The fraction of sp³-hybridized carbons (Fsp3) is 0.565. The summed E-state index contributed by atoms with van der Waals surface area (Å²) in [7, 11) is 1.78. The molecule has 0 radical (unpaired) electrons. The first-order valence-electron chi connectivity index (χ1n) is 12.6. The van der Waals surface area contributed by atoms with Crippen LogP contribution < -0.4 is 5.73 Å². The number of nitrogens with zero attached hydrogens (tertiary/aromatic N) is 5. The third kappa shape index (κ3) is 13.0. The van der Waals surface area contributed by atoms with Gasteiger partial charge in [0, 0.05) is 24.2 Å². The van der Waals surface area contributed by atoms with Crippen LogP contribution in [-0.4, -0.2) is 123 Å². The number of carboxylic acids is 3. The standard InChI is InChI=1S/C17H20F5N6.3C2HF3O2/c1-26-6-10(5-13(23)15(26)11-4-9(18)2-3-12(11)19)27-7-14-24-16(17(20,21)22)25-28(14)8-27;3*3-2(4,5)1(6)7/h2-4,10,13,15-16H,5-8,23H2,1H3;3*(H,6,7)/q+1;;;/t10-,13+,15-,16?;;;/m1.../s1. The summed E-state index contributed by atoms with van der Waals surface area (Å²) in [5.74, 6) is -9.03. The van der Waals surface area contributed by atoms with Crippen LogP contribution in [0, 0.1) is 11.6 Å². The average Bonchev–Trinajstić information content (AvgIpc) is 3.50. The van der Waals surface area contributed by atoms with Gasteiger partial charge in [0.25, 0.3) is 0 Å². The summed E-state index contributed by atoms with van der Waals surface area (Å²) in [4.78, 5) is 34.2. The Balaban J connectivity index is 0.000000467. The number of hydrogen-bond acceptors (Lipinski definition) is 8. The molecule has 1 unspecified atom stereocenters. The minimum absolute atomic E-state index is 0.0549. The number of carboxylic acid groups (broad SMARTS) is 3. The zero-order valence-electron chi connectivity index (χ0n) is 24.0. The highest BCUT2D eigenvalue weighted by Crippen LogP contribution is 2.34. The number of likely N-dealkylation sites (N-methyl/N-ethyl adjacent to an activating group) is 1. The molecule has 2 fully saturated rings. The van der Waals surface area contributed by atoms with Crippen molar-refractivity contribution in [3.63, 3.8) is 0 Å². The molecule has 4 rings (SSSR count). The quantitative estimate of drug-likeness (QED) is 0.258. The van der Waals surface area contributed by atoms with E-state index in [1.54, 1.807) is 7.05 Å². The molecule has 3 aliphatic rings. The minimum Gasteiger partial charge on any atom is -0.475 e. The van der Waals surface area contributed by atoms with E-state index in [1.165, 1.54) is 4.70 Å². The lowest BCUT2D eigenvalue weighted by atomic mass is 9.88. The number of amidine groups is 1. The summed E-state index contributed by atoms with van der Waals surface area (Å²) in [6.45, 7) is 0.966. The molecule has 0 aromatic heterocycles. The van der Waals surface area contributed by atoms with Crippen molar-refractivity contribution in [3.05, 3.63) is 35.4 Å². The van der Waals surface area contributed by atoms with Crippen LogP contribution in [0.25, 0.3) is 0 Å². The molecule has 3 aliphatic heterocycles. The first kappa shape index (κ1) is 42.8. The van der Waals surface area contributed by atoms with Crippen molar-refractivity contribution in [1.82, 2.24) is 9.80 Å².